The van der Waals surface area contributed by atoms with Crippen molar-refractivity contribution in [1.29, 1.82) is 0 Å². The third-order valence-electron chi connectivity index (χ3n) is 2.28. The van der Waals surface area contributed by atoms with Crippen molar-refractivity contribution < 1.29 is 14.7 Å². The Bertz CT molecular complexity index is 438. The minimum atomic E-state index is -0.819. The second kappa shape index (κ2) is 6.48. The molecule has 0 bridgehead atoms. The summed E-state index contributed by atoms with van der Waals surface area (Å²) in [5.41, 5.74) is 6.91. The van der Waals surface area contributed by atoms with Crippen LogP contribution in [0.15, 0.2) is 30.3 Å². The summed E-state index contributed by atoms with van der Waals surface area (Å²) < 4.78 is 0. The molecule has 3 N–H and O–H groups in total. The summed E-state index contributed by atoms with van der Waals surface area (Å²) >= 11 is 0. The van der Waals surface area contributed by atoms with Gasteiger partial charge >= 0.3 is 5.97 Å². The van der Waals surface area contributed by atoms with Crippen LogP contribution < -0.4 is 5.73 Å². The Kier molecular flexibility index (Phi) is 4.94. The predicted molar refractivity (Wildman–Crippen MR) is 65.2 cm³/mol. The molecule has 0 aliphatic rings. The molecule has 0 aliphatic heterocycles. The number of hydrogen-bond donors (Lipinski definition) is 2. The Morgan fingerprint density at radius 3 is 2.65 bits per heavy atom. The number of benzene rings is 1. The zero-order valence-electron chi connectivity index (χ0n) is 9.43. The lowest BCUT2D eigenvalue weighted by Gasteiger charge is -2.03. The molecule has 0 aromatic heterocycles. The van der Waals surface area contributed by atoms with Crippen molar-refractivity contribution in [3.8, 4) is 0 Å². The standard InChI is InChI=1S/C13H15NO3/c14-12(15)7-3-6-10-4-1-2-5-11(10)8-9-13(16)17/h1-6H,7-9H2,(H2,14,15)(H,16,17). The first kappa shape index (κ1) is 13.0. The van der Waals surface area contributed by atoms with E-state index in [-0.39, 0.29) is 18.7 Å². The molecular weight excluding hydrogens is 218 g/mol. The molecule has 4 nitrogen and oxygen atoms in total. The maximum atomic E-state index is 10.6. The highest BCUT2D eigenvalue weighted by Crippen LogP contribution is 2.13. The largest absolute Gasteiger partial charge is 0.481 e. The Hall–Kier alpha value is -2.10. The molecule has 0 saturated heterocycles. The van der Waals surface area contributed by atoms with Crippen LogP contribution in [-0.4, -0.2) is 17.0 Å². The number of amides is 1. The summed E-state index contributed by atoms with van der Waals surface area (Å²) in [5.74, 6) is -1.20. The van der Waals surface area contributed by atoms with Gasteiger partial charge in [0.15, 0.2) is 0 Å². The van der Waals surface area contributed by atoms with Crippen molar-refractivity contribution in [3.05, 3.63) is 41.5 Å². The van der Waals surface area contributed by atoms with Gasteiger partial charge in [0.05, 0.1) is 0 Å². The van der Waals surface area contributed by atoms with Crippen LogP contribution >= 0.6 is 0 Å². The van der Waals surface area contributed by atoms with E-state index in [9.17, 15) is 9.59 Å². The van der Waals surface area contributed by atoms with Gasteiger partial charge in [-0.2, -0.15) is 0 Å². The highest BCUT2D eigenvalue weighted by atomic mass is 16.4. The van der Waals surface area contributed by atoms with E-state index in [0.717, 1.165) is 11.1 Å². The molecule has 1 aromatic rings. The number of carboxylic acid groups (broad SMARTS) is 1. The lowest BCUT2D eigenvalue weighted by atomic mass is 10.0. The lowest BCUT2D eigenvalue weighted by molar-refractivity contribution is -0.137. The van der Waals surface area contributed by atoms with Gasteiger partial charge in [-0.15, -0.1) is 0 Å². The van der Waals surface area contributed by atoms with Crippen LogP contribution in [0.25, 0.3) is 6.08 Å². The summed E-state index contributed by atoms with van der Waals surface area (Å²) in [7, 11) is 0. The monoisotopic (exact) mass is 233 g/mol. The number of carboxylic acids is 1. The Morgan fingerprint density at radius 1 is 1.29 bits per heavy atom. The number of hydrogen-bond acceptors (Lipinski definition) is 2. The first-order valence-corrected chi connectivity index (χ1v) is 5.34. The van der Waals surface area contributed by atoms with Gasteiger partial charge in [0, 0.05) is 12.8 Å². The quantitative estimate of drug-likeness (QED) is 0.783. The number of nitrogens with two attached hydrogens (primary N) is 1. The summed E-state index contributed by atoms with van der Waals surface area (Å²) in [6, 6.07) is 7.50. The fourth-order valence-electron chi connectivity index (χ4n) is 1.47. The van der Waals surface area contributed by atoms with Crippen molar-refractivity contribution >= 4 is 18.0 Å². The molecule has 1 rings (SSSR count). The highest BCUT2D eigenvalue weighted by molar-refractivity contribution is 5.76. The van der Waals surface area contributed by atoms with Crippen molar-refractivity contribution in [2.24, 2.45) is 5.73 Å². The van der Waals surface area contributed by atoms with Gasteiger partial charge in [0.2, 0.25) is 5.91 Å². The van der Waals surface area contributed by atoms with Crippen LogP contribution in [-0.2, 0) is 16.0 Å². The van der Waals surface area contributed by atoms with Crippen LogP contribution in [0.2, 0.25) is 0 Å². The second-order valence-electron chi connectivity index (χ2n) is 3.67. The zero-order chi connectivity index (χ0) is 12.7. The lowest BCUT2D eigenvalue weighted by Crippen LogP contribution is -2.07. The molecule has 0 radical (unpaired) electrons. The molecule has 4 heteroatoms. The van der Waals surface area contributed by atoms with E-state index in [1.807, 2.05) is 24.3 Å². The third kappa shape index (κ3) is 4.97. The summed E-state index contributed by atoms with van der Waals surface area (Å²) in [6.45, 7) is 0. The van der Waals surface area contributed by atoms with Crippen LogP contribution in [0.1, 0.15) is 24.0 Å². The number of aliphatic carboxylic acids is 1. The minimum absolute atomic E-state index is 0.0979. The van der Waals surface area contributed by atoms with Gasteiger partial charge < -0.3 is 10.8 Å². The summed E-state index contributed by atoms with van der Waals surface area (Å²) in [5, 5.41) is 8.64. The van der Waals surface area contributed by atoms with Crippen LogP contribution in [0.5, 0.6) is 0 Å². The summed E-state index contributed by atoms with van der Waals surface area (Å²) in [4.78, 5) is 21.1. The van der Waals surface area contributed by atoms with Crippen molar-refractivity contribution in [2.75, 3.05) is 0 Å². The third-order valence-corrected chi connectivity index (χ3v) is 2.28. The van der Waals surface area contributed by atoms with E-state index < -0.39 is 5.97 Å². The SMILES string of the molecule is NC(=O)CC=Cc1ccccc1CCC(=O)O. The normalized spacial score (nSPS) is 10.6. The maximum Gasteiger partial charge on any atom is 0.303 e. The number of rotatable bonds is 6. The molecule has 0 unspecified atom stereocenters. The average Bonchev–Trinajstić information content (AvgIpc) is 2.27. The van der Waals surface area contributed by atoms with Gasteiger partial charge in [0.25, 0.3) is 0 Å². The molecule has 0 heterocycles. The molecule has 0 aliphatic carbocycles. The second-order valence-corrected chi connectivity index (χ2v) is 3.67. The van der Waals surface area contributed by atoms with Gasteiger partial charge in [-0.1, -0.05) is 36.4 Å². The van der Waals surface area contributed by atoms with E-state index in [1.165, 1.54) is 0 Å². The Labute approximate surface area is 99.8 Å². The first-order valence-electron chi connectivity index (χ1n) is 5.34. The molecule has 0 atom stereocenters. The van der Waals surface area contributed by atoms with Crippen molar-refractivity contribution in [2.45, 2.75) is 19.3 Å². The molecule has 1 aromatic carbocycles. The van der Waals surface area contributed by atoms with E-state index in [1.54, 1.807) is 12.2 Å². The van der Waals surface area contributed by atoms with E-state index in [4.69, 9.17) is 10.8 Å². The molecule has 0 saturated carbocycles. The van der Waals surface area contributed by atoms with Crippen LogP contribution in [0.3, 0.4) is 0 Å². The molecular formula is C13H15NO3. The number of aryl methyl sites for hydroxylation is 1. The minimum Gasteiger partial charge on any atom is -0.481 e. The van der Waals surface area contributed by atoms with Crippen LogP contribution in [0, 0.1) is 0 Å². The van der Waals surface area contributed by atoms with Gasteiger partial charge in [-0.05, 0) is 17.5 Å². The number of carbonyl (C=O) groups is 2. The average molecular weight is 233 g/mol. The van der Waals surface area contributed by atoms with Gasteiger partial charge in [-0.25, -0.2) is 0 Å². The predicted octanol–water partition coefficient (Wildman–Crippen LogP) is 1.59. The molecule has 90 valence electrons. The van der Waals surface area contributed by atoms with Gasteiger partial charge in [0.1, 0.15) is 0 Å². The van der Waals surface area contributed by atoms with E-state index in [0.29, 0.717) is 6.42 Å². The first-order chi connectivity index (χ1) is 8.09. The molecule has 0 spiro atoms. The topological polar surface area (TPSA) is 80.4 Å². The zero-order valence-corrected chi connectivity index (χ0v) is 9.43. The van der Waals surface area contributed by atoms with Gasteiger partial charge in [-0.3, -0.25) is 9.59 Å². The molecule has 1 amide bonds. The number of primary amides is 1. The van der Waals surface area contributed by atoms with E-state index >= 15 is 0 Å². The molecule has 0 fully saturated rings. The van der Waals surface area contributed by atoms with Crippen molar-refractivity contribution in [1.82, 2.24) is 0 Å². The maximum absolute atomic E-state index is 10.6. The van der Waals surface area contributed by atoms with E-state index in [2.05, 4.69) is 0 Å². The summed E-state index contributed by atoms with van der Waals surface area (Å²) in [6.07, 6.45) is 4.24. The Balaban J connectivity index is 2.73. The fourth-order valence-corrected chi connectivity index (χ4v) is 1.47. The molecule has 17 heavy (non-hydrogen) atoms. The smallest absolute Gasteiger partial charge is 0.303 e. The van der Waals surface area contributed by atoms with Crippen molar-refractivity contribution in [3.63, 3.8) is 0 Å². The highest BCUT2D eigenvalue weighted by Gasteiger charge is 2.02. The van der Waals surface area contributed by atoms with Crippen LogP contribution in [0.4, 0.5) is 0 Å². The number of carbonyl (C=O) groups excluding carboxylic acids is 1. The fraction of sp³-hybridized carbons (Fsp3) is 0.231. The Morgan fingerprint density at radius 2 is 2.00 bits per heavy atom.